The van der Waals surface area contributed by atoms with Gasteiger partial charge < -0.3 is 22.8 Å². The van der Waals surface area contributed by atoms with E-state index in [4.69, 9.17) is 34.6 Å². The molecule has 22 heavy (non-hydrogen) atoms. The van der Waals surface area contributed by atoms with Gasteiger partial charge in [-0.15, -0.1) is 0 Å². The zero-order chi connectivity index (χ0) is 16.2. The summed E-state index contributed by atoms with van der Waals surface area (Å²) in [4.78, 5) is 0. The Kier molecular flexibility index (Phi) is 6.37. The summed E-state index contributed by atoms with van der Waals surface area (Å²) < 4.78 is 39.8. The predicted molar refractivity (Wildman–Crippen MR) is 91.5 cm³/mol. The lowest BCUT2D eigenvalue weighted by atomic mass is 10.3. The fourth-order valence-corrected chi connectivity index (χ4v) is 7.99. The van der Waals surface area contributed by atoms with E-state index in [2.05, 4.69) is 0 Å². The summed E-state index contributed by atoms with van der Waals surface area (Å²) in [6, 6.07) is 7.02. The maximum Gasteiger partial charge on any atom is 0.434 e. The molecule has 0 radical (unpaired) electrons. The lowest BCUT2D eigenvalue weighted by molar-refractivity contribution is 0.136. The van der Waals surface area contributed by atoms with Crippen LogP contribution in [0.5, 0.6) is 11.5 Å². The van der Waals surface area contributed by atoms with E-state index in [1.54, 1.807) is 24.3 Å². The van der Waals surface area contributed by atoms with Gasteiger partial charge in [-0.25, -0.2) is 4.57 Å². The third-order valence-electron chi connectivity index (χ3n) is 2.74. The van der Waals surface area contributed by atoms with Crippen LogP contribution in [-0.2, 0) is 30.2 Å². The summed E-state index contributed by atoms with van der Waals surface area (Å²) in [5.41, 5.74) is -3.04. The Labute approximate surface area is 139 Å². The largest absolute Gasteiger partial charge is 0.434 e. The van der Waals surface area contributed by atoms with Crippen molar-refractivity contribution in [3.8, 4) is 11.5 Å². The minimum Gasteiger partial charge on any atom is -0.412 e. The van der Waals surface area contributed by atoms with Crippen molar-refractivity contribution in [3.63, 3.8) is 0 Å². The monoisotopic (exact) mass is 384 g/mol. The molecule has 1 unspecified atom stereocenters. The van der Waals surface area contributed by atoms with Crippen molar-refractivity contribution >= 4 is 36.5 Å². The topological polar surface area (TPSA) is 63.2 Å². The Morgan fingerprint density at radius 1 is 1.27 bits per heavy atom. The summed E-state index contributed by atoms with van der Waals surface area (Å²) in [6.07, 6.45) is 0.0608. The Hall–Kier alpha value is -0.0700. The summed E-state index contributed by atoms with van der Waals surface area (Å²) in [6.45, 7) is 2.28. The number of para-hydroxylation sites is 2. The van der Waals surface area contributed by atoms with Gasteiger partial charge in [0.25, 0.3) is 0 Å². The van der Waals surface area contributed by atoms with Gasteiger partial charge in [0, 0.05) is 20.8 Å². The van der Waals surface area contributed by atoms with E-state index in [-0.39, 0.29) is 6.16 Å². The quantitative estimate of drug-likeness (QED) is 0.487. The molecule has 0 amide bonds. The van der Waals surface area contributed by atoms with Gasteiger partial charge in [-0.2, -0.15) is 0 Å². The molecule has 0 N–H and O–H groups in total. The second kappa shape index (κ2) is 7.67. The summed E-state index contributed by atoms with van der Waals surface area (Å²) in [7, 11) is -0.356. The second-order valence-corrected chi connectivity index (χ2v) is 12.7. The van der Waals surface area contributed by atoms with Crippen molar-refractivity contribution in [2.24, 2.45) is 0 Å². The molecule has 0 saturated carbocycles. The predicted octanol–water partition coefficient (Wildman–Crippen LogP) is 4.26. The Morgan fingerprint density at radius 3 is 2.27 bits per heavy atom. The Balaban J connectivity index is 2.09. The highest BCUT2D eigenvalue weighted by molar-refractivity contribution is 8.68. The van der Waals surface area contributed by atoms with Gasteiger partial charge in [-0.3, -0.25) is 0 Å². The Morgan fingerprint density at radius 2 is 1.82 bits per heavy atom. The second-order valence-electron chi connectivity index (χ2n) is 4.23. The average molecular weight is 384 g/mol. The van der Waals surface area contributed by atoms with Gasteiger partial charge in [0.05, 0.1) is 0 Å². The third kappa shape index (κ3) is 4.48. The minimum atomic E-state index is -3.33. The van der Waals surface area contributed by atoms with Gasteiger partial charge in [-0.1, -0.05) is 12.1 Å². The van der Waals surface area contributed by atoms with E-state index in [1.807, 2.05) is 6.92 Å². The maximum absolute atomic E-state index is 12.8. The van der Waals surface area contributed by atoms with E-state index in [9.17, 15) is 4.57 Å². The van der Waals surface area contributed by atoms with Crippen LogP contribution in [0.25, 0.3) is 0 Å². The van der Waals surface area contributed by atoms with E-state index in [0.29, 0.717) is 18.1 Å². The molecule has 6 nitrogen and oxygen atoms in total. The molecule has 0 spiro atoms. The standard InChI is InChI=1S/C12H18O6P2S2/c1-4-16-12(22-20(21,14-2)15-3)9-19(13)17-10-7-5-6-8-11(10)18-19/h5-8,12H,4,9H2,1-3H3. The molecule has 1 aromatic rings. The Bertz CT molecular complexity index is 574. The summed E-state index contributed by atoms with van der Waals surface area (Å²) in [5.74, 6) is 0.952. The number of rotatable bonds is 8. The first-order valence-corrected chi connectivity index (χ1v) is 12.4. The number of hydrogen-bond donors (Lipinski definition) is 0. The van der Waals surface area contributed by atoms with Crippen LogP contribution >= 0.6 is 24.7 Å². The molecule has 1 aliphatic heterocycles. The van der Waals surface area contributed by atoms with E-state index < -0.39 is 18.7 Å². The number of hydrogen-bond acceptors (Lipinski definition) is 8. The van der Waals surface area contributed by atoms with Crippen LogP contribution in [0.2, 0.25) is 0 Å². The highest BCUT2D eigenvalue weighted by Crippen LogP contribution is 2.65. The maximum atomic E-state index is 12.8. The first-order valence-electron chi connectivity index (χ1n) is 6.52. The van der Waals surface area contributed by atoms with Crippen LogP contribution in [-0.4, -0.2) is 32.4 Å². The normalized spacial score (nSPS) is 17.4. The van der Waals surface area contributed by atoms with Crippen LogP contribution in [0.4, 0.5) is 0 Å². The van der Waals surface area contributed by atoms with Crippen LogP contribution in [0.1, 0.15) is 6.92 Å². The third-order valence-corrected chi connectivity index (χ3v) is 10.5. The van der Waals surface area contributed by atoms with Gasteiger partial charge in [0.15, 0.2) is 11.5 Å². The van der Waals surface area contributed by atoms with Gasteiger partial charge >= 0.3 is 7.60 Å². The molecular formula is C12H18O6P2S2. The molecule has 1 atom stereocenters. The summed E-state index contributed by atoms with van der Waals surface area (Å²) >= 11 is 6.53. The zero-order valence-electron chi connectivity index (χ0n) is 12.5. The van der Waals surface area contributed by atoms with Crippen molar-refractivity contribution in [1.29, 1.82) is 0 Å². The lowest BCUT2D eigenvalue weighted by Crippen LogP contribution is -2.16. The highest BCUT2D eigenvalue weighted by atomic mass is 32.9. The van der Waals surface area contributed by atoms with Crippen molar-refractivity contribution in [1.82, 2.24) is 0 Å². The van der Waals surface area contributed by atoms with E-state index in [1.165, 1.54) is 25.6 Å². The number of fused-ring (bicyclic) bond motifs is 1. The van der Waals surface area contributed by atoms with Crippen LogP contribution in [0, 0.1) is 0 Å². The molecule has 1 aromatic carbocycles. The molecule has 1 aliphatic rings. The SMILES string of the molecule is CCOC(CP1(=O)Oc2ccccc2O1)SP(=S)(OC)OC. The molecule has 2 rings (SSSR count). The first kappa shape index (κ1) is 18.3. The van der Waals surface area contributed by atoms with E-state index in [0.717, 1.165) is 0 Å². The zero-order valence-corrected chi connectivity index (χ0v) is 15.9. The summed E-state index contributed by atoms with van der Waals surface area (Å²) in [5, 5.41) is 0. The van der Waals surface area contributed by atoms with Gasteiger partial charge in [0.1, 0.15) is 11.6 Å². The van der Waals surface area contributed by atoms with Crippen molar-refractivity contribution in [3.05, 3.63) is 24.3 Å². The molecule has 0 saturated heterocycles. The fraction of sp³-hybridized carbons (Fsp3) is 0.500. The van der Waals surface area contributed by atoms with Crippen LogP contribution < -0.4 is 9.05 Å². The molecule has 0 aliphatic carbocycles. The molecule has 0 aromatic heterocycles. The molecule has 0 fully saturated rings. The first-order chi connectivity index (χ1) is 10.4. The average Bonchev–Trinajstić information content (AvgIpc) is 2.82. The van der Waals surface area contributed by atoms with Crippen molar-refractivity contribution in [2.75, 3.05) is 27.0 Å². The highest BCUT2D eigenvalue weighted by Gasteiger charge is 2.41. The molecular weight excluding hydrogens is 366 g/mol. The smallest absolute Gasteiger partial charge is 0.412 e. The molecule has 124 valence electrons. The number of benzene rings is 1. The van der Waals surface area contributed by atoms with Crippen molar-refractivity contribution < 1.29 is 27.4 Å². The minimum absolute atomic E-state index is 0.0608. The van der Waals surface area contributed by atoms with Gasteiger partial charge in [0.2, 0.25) is 5.69 Å². The number of ether oxygens (including phenoxy) is 1. The fourth-order valence-electron chi connectivity index (χ4n) is 1.78. The van der Waals surface area contributed by atoms with Gasteiger partial charge in [-0.05, 0) is 42.2 Å². The molecule has 10 heteroatoms. The van der Waals surface area contributed by atoms with E-state index >= 15 is 0 Å². The molecule has 0 bridgehead atoms. The molecule has 1 heterocycles. The lowest BCUT2D eigenvalue weighted by Gasteiger charge is -2.24. The van der Waals surface area contributed by atoms with Crippen molar-refractivity contribution in [2.45, 2.75) is 12.4 Å². The van der Waals surface area contributed by atoms with Crippen LogP contribution in [0.15, 0.2) is 24.3 Å². The van der Waals surface area contributed by atoms with Crippen LogP contribution in [0.3, 0.4) is 0 Å².